The molecule has 0 N–H and O–H groups in total. The summed E-state index contributed by atoms with van der Waals surface area (Å²) in [6.45, 7) is 3.11. The fourth-order valence-electron chi connectivity index (χ4n) is 3.78. The molecule has 0 atom stereocenters. The SMILES string of the molecule is CC1CCN(S(=O)(=O)c2ccc(C(=O)OCc3cn4ccccc4c3C#N)cc2)CC1. The van der Waals surface area contributed by atoms with Gasteiger partial charge in [-0.15, -0.1) is 0 Å². The molecule has 3 heterocycles. The first-order chi connectivity index (χ1) is 14.9. The fourth-order valence-corrected chi connectivity index (χ4v) is 5.25. The summed E-state index contributed by atoms with van der Waals surface area (Å²) in [5.74, 6) is -0.0431. The molecule has 1 aromatic carbocycles. The van der Waals surface area contributed by atoms with Crippen molar-refractivity contribution < 1.29 is 17.9 Å². The highest BCUT2D eigenvalue weighted by Crippen LogP contribution is 2.24. The third kappa shape index (κ3) is 4.20. The number of ether oxygens (including phenoxy) is 1. The van der Waals surface area contributed by atoms with Crippen molar-refractivity contribution >= 4 is 21.5 Å². The molecule has 1 fully saturated rings. The molecule has 1 aliphatic heterocycles. The number of piperidine rings is 1. The monoisotopic (exact) mass is 437 g/mol. The molecule has 31 heavy (non-hydrogen) atoms. The molecular weight excluding hydrogens is 414 g/mol. The second-order valence-corrected chi connectivity index (χ2v) is 9.76. The highest BCUT2D eigenvalue weighted by atomic mass is 32.2. The first kappa shape index (κ1) is 21.1. The number of nitriles is 1. The number of carbonyl (C=O) groups is 1. The fraction of sp³-hybridized carbons (Fsp3) is 0.304. The van der Waals surface area contributed by atoms with E-state index in [1.165, 1.54) is 28.6 Å². The molecule has 0 spiro atoms. The summed E-state index contributed by atoms with van der Waals surface area (Å²) in [5.41, 5.74) is 2.08. The number of nitrogens with zero attached hydrogens (tertiary/aromatic N) is 3. The first-order valence-electron chi connectivity index (χ1n) is 10.2. The zero-order valence-corrected chi connectivity index (χ0v) is 18.0. The predicted octanol–water partition coefficient (Wildman–Crippen LogP) is 3.59. The minimum absolute atomic E-state index is 0.0462. The van der Waals surface area contributed by atoms with Gasteiger partial charge in [0.2, 0.25) is 10.0 Å². The standard InChI is InChI=1S/C23H23N3O4S/c1-17-9-12-26(13-10-17)31(28,29)20-7-5-18(6-8-20)23(27)30-16-19-15-25-11-3-2-4-22(25)21(19)14-24/h2-8,11,15,17H,9-10,12-13,16H2,1H3. The van der Waals surface area contributed by atoms with Crippen LogP contribution in [0.25, 0.3) is 5.52 Å². The molecule has 0 saturated carbocycles. The minimum Gasteiger partial charge on any atom is -0.457 e. The molecular formula is C23H23N3O4S. The van der Waals surface area contributed by atoms with Crippen LogP contribution in [0.5, 0.6) is 0 Å². The third-order valence-electron chi connectivity index (χ3n) is 5.70. The Bertz CT molecular complexity index is 1250. The molecule has 4 rings (SSSR count). The van der Waals surface area contributed by atoms with Crippen molar-refractivity contribution in [3.8, 4) is 6.07 Å². The third-order valence-corrected chi connectivity index (χ3v) is 7.62. The predicted molar refractivity (Wildman–Crippen MR) is 115 cm³/mol. The van der Waals surface area contributed by atoms with Gasteiger partial charge in [-0.2, -0.15) is 9.57 Å². The number of fused-ring (bicyclic) bond motifs is 1. The molecule has 3 aromatic rings. The Morgan fingerprint density at radius 3 is 2.55 bits per heavy atom. The van der Waals surface area contributed by atoms with Crippen LogP contribution in [0.15, 0.2) is 59.8 Å². The summed E-state index contributed by atoms with van der Waals surface area (Å²) in [4.78, 5) is 12.6. The van der Waals surface area contributed by atoms with Crippen LogP contribution >= 0.6 is 0 Å². The van der Waals surface area contributed by atoms with Crippen LogP contribution in [-0.4, -0.2) is 36.2 Å². The summed E-state index contributed by atoms with van der Waals surface area (Å²) in [5, 5.41) is 9.45. The van der Waals surface area contributed by atoms with Crippen molar-refractivity contribution in [3.63, 3.8) is 0 Å². The Morgan fingerprint density at radius 2 is 1.87 bits per heavy atom. The average molecular weight is 438 g/mol. The molecule has 0 aliphatic carbocycles. The Labute approximate surface area is 181 Å². The van der Waals surface area contributed by atoms with Crippen molar-refractivity contribution in [2.45, 2.75) is 31.3 Å². The second kappa shape index (κ2) is 8.53. The summed E-state index contributed by atoms with van der Waals surface area (Å²) in [6, 6.07) is 13.5. The quantitative estimate of drug-likeness (QED) is 0.569. The van der Waals surface area contributed by atoms with Crippen molar-refractivity contribution in [3.05, 3.63) is 71.5 Å². The summed E-state index contributed by atoms with van der Waals surface area (Å²) in [6.07, 6.45) is 5.28. The molecule has 160 valence electrons. The molecule has 1 aliphatic rings. The number of benzene rings is 1. The van der Waals surface area contributed by atoms with E-state index in [-0.39, 0.29) is 17.1 Å². The van der Waals surface area contributed by atoms with Crippen LogP contribution in [0.2, 0.25) is 0 Å². The summed E-state index contributed by atoms with van der Waals surface area (Å²) < 4.78 is 34.3. The van der Waals surface area contributed by atoms with E-state index < -0.39 is 16.0 Å². The lowest BCUT2D eigenvalue weighted by molar-refractivity contribution is 0.0472. The van der Waals surface area contributed by atoms with Gasteiger partial charge in [-0.25, -0.2) is 13.2 Å². The number of sulfonamides is 1. The van der Waals surface area contributed by atoms with Crippen LogP contribution < -0.4 is 0 Å². The number of aromatic nitrogens is 1. The number of esters is 1. The minimum atomic E-state index is -3.56. The zero-order valence-electron chi connectivity index (χ0n) is 17.2. The second-order valence-electron chi connectivity index (χ2n) is 7.82. The largest absolute Gasteiger partial charge is 0.457 e. The molecule has 7 nitrogen and oxygen atoms in total. The Balaban J connectivity index is 1.45. The normalized spacial score (nSPS) is 15.6. The van der Waals surface area contributed by atoms with E-state index in [1.54, 1.807) is 6.20 Å². The van der Waals surface area contributed by atoms with Gasteiger partial charge < -0.3 is 9.14 Å². The van der Waals surface area contributed by atoms with Gasteiger partial charge in [0.1, 0.15) is 12.7 Å². The lowest BCUT2D eigenvalue weighted by Gasteiger charge is -2.29. The molecule has 0 bridgehead atoms. The molecule has 2 aromatic heterocycles. The van der Waals surface area contributed by atoms with Gasteiger partial charge in [-0.05, 0) is 55.2 Å². The van der Waals surface area contributed by atoms with Crippen molar-refractivity contribution in [1.82, 2.24) is 8.71 Å². The Hall–Kier alpha value is -3.15. The van der Waals surface area contributed by atoms with Crippen LogP contribution in [0.3, 0.4) is 0 Å². The van der Waals surface area contributed by atoms with E-state index in [0.29, 0.717) is 30.1 Å². The lowest BCUT2D eigenvalue weighted by Crippen LogP contribution is -2.37. The molecule has 1 saturated heterocycles. The number of hydrogen-bond donors (Lipinski definition) is 0. The average Bonchev–Trinajstić information content (AvgIpc) is 3.15. The van der Waals surface area contributed by atoms with Crippen molar-refractivity contribution in [2.75, 3.05) is 13.1 Å². The number of rotatable bonds is 5. The zero-order chi connectivity index (χ0) is 22.0. The van der Waals surface area contributed by atoms with E-state index >= 15 is 0 Å². The van der Waals surface area contributed by atoms with Crippen LogP contribution in [0, 0.1) is 17.2 Å². The Kier molecular flexibility index (Phi) is 5.81. The Morgan fingerprint density at radius 1 is 1.16 bits per heavy atom. The topological polar surface area (TPSA) is 91.9 Å². The molecule has 0 radical (unpaired) electrons. The van der Waals surface area contributed by atoms with Gasteiger partial charge in [-0.1, -0.05) is 13.0 Å². The lowest BCUT2D eigenvalue weighted by atomic mass is 10.0. The highest BCUT2D eigenvalue weighted by molar-refractivity contribution is 7.89. The number of pyridine rings is 1. The van der Waals surface area contributed by atoms with Gasteiger partial charge >= 0.3 is 5.97 Å². The number of hydrogen-bond acceptors (Lipinski definition) is 5. The van der Waals surface area contributed by atoms with E-state index in [1.807, 2.05) is 28.8 Å². The highest BCUT2D eigenvalue weighted by Gasteiger charge is 2.28. The van der Waals surface area contributed by atoms with E-state index in [2.05, 4.69) is 13.0 Å². The molecule has 0 unspecified atom stereocenters. The van der Waals surface area contributed by atoms with Crippen molar-refractivity contribution in [1.29, 1.82) is 5.26 Å². The van der Waals surface area contributed by atoms with Gasteiger partial charge in [0.25, 0.3) is 0 Å². The van der Waals surface area contributed by atoms with Crippen LogP contribution in [0.1, 0.15) is 41.3 Å². The smallest absolute Gasteiger partial charge is 0.338 e. The van der Waals surface area contributed by atoms with Gasteiger partial charge in [0, 0.05) is 31.0 Å². The van der Waals surface area contributed by atoms with Gasteiger partial charge in [-0.3, -0.25) is 0 Å². The van der Waals surface area contributed by atoms with Crippen LogP contribution in [-0.2, 0) is 21.4 Å². The van der Waals surface area contributed by atoms with E-state index in [9.17, 15) is 18.5 Å². The summed E-state index contributed by atoms with van der Waals surface area (Å²) in [7, 11) is -3.56. The van der Waals surface area contributed by atoms with Gasteiger partial charge in [0.15, 0.2) is 0 Å². The van der Waals surface area contributed by atoms with Crippen LogP contribution in [0.4, 0.5) is 0 Å². The summed E-state index contributed by atoms with van der Waals surface area (Å²) >= 11 is 0. The molecule has 8 heteroatoms. The van der Waals surface area contributed by atoms with Crippen molar-refractivity contribution in [2.24, 2.45) is 5.92 Å². The van der Waals surface area contributed by atoms with E-state index in [0.717, 1.165) is 18.4 Å². The van der Waals surface area contributed by atoms with E-state index in [4.69, 9.17) is 4.74 Å². The first-order valence-corrected chi connectivity index (χ1v) is 11.6. The molecule has 0 amide bonds. The maximum absolute atomic E-state index is 12.8. The maximum atomic E-state index is 12.8. The van der Waals surface area contributed by atoms with Gasteiger partial charge in [0.05, 0.1) is 21.5 Å². The number of carbonyl (C=O) groups excluding carboxylic acids is 1. The maximum Gasteiger partial charge on any atom is 0.338 e.